The number of imidazole rings is 1. The van der Waals surface area contributed by atoms with Crippen molar-refractivity contribution in [2.24, 2.45) is 0 Å². The molecular weight excluding hydrogens is 844 g/mol. The quantitative estimate of drug-likeness (QED) is 0.128. The van der Waals surface area contributed by atoms with Crippen LogP contribution in [0.3, 0.4) is 0 Å². The fourth-order valence-corrected chi connectivity index (χ4v) is 7.61. The van der Waals surface area contributed by atoms with Gasteiger partial charge in [-0.15, -0.1) is 30.3 Å². The Morgan fingerprint density at radius 1 is 0.574 bits per heavy atom. The Labute approximate surface area is 327 Å². The second kappa shape index (κ2) is 13.1. The van der Waals surface area contributed by atoms with E-state index < -0.39 is 0 Å². The van der Waals surface area contributed by atoms with Crippen LogP contribution < -0.4 is 4.74 Å². The van der Waals surface area contributed by atoms with E-state index in [1.807, 2.05) is 42.6 Å². The van der Waals surface area contributed by atoms with Crippen LogP contribution in [0.2, 0.25) is 0 Å². The molecule has 10 aromatic rings. The number of para-hydroxylation sites is 1. The van der Waals surface area contributed by atoms with Crippen LogP contribution in [0.1, 0.15) is 26.3 Å². The van der Waals surface area contributed by atoms with Gasteiger partial charge in [-0.2, -0.15) is 6.07 Å². The molecule has 0 amide bonds. The molecule has 54 heavy (non-hydrogen) atoms. The zero-order valence-corrected chi connectivity index (χ0v) is 32.2. The van der Waals surface area contributed by atoms with Crippen LogP contribution in [0, 0.1) is 12.1 Å². The molecule has 0 aliphatic carbocycles. The van der Waals surface area contributed by atoms with Crippen LogP contribution in [0.25, 0.3) is 77.5 Å². The van der Waals surface area contributed by atoms with E-state index in [9.17, 15) is 0 Å². The van der Waals surface area contributed by atoms with Gasteiger partial charge in [0, 0.05) is 39.5 Å². The van der Waals surface area contributed by atoms with Gasteiger partial charge in [-0.3, -0.25) is 4.98 Å². The second-order valence-corrected chi connectivity index (χ2v) is 14.5. The molecule has 6 heteroatoms. The van der Waals surface area contributed by atoms with Crippen molar-refractivity contribution >= 4 is 49.3 Å². The largest absolute Gasteiger partial charge is 2.00 e. The van der Waals surface area contributed by atoms with E-state index in [-0.39, 0.29) is 26.5 Å². The molecule has 262 valence electrons. The number of benzene rings is 6. The summed E-state index contributed by atoms with van der Waals surface area (Å²) in [5.74, 6) is 1.18. The van der Waals surface area contributed by atoms with Crippen molar-refractivity contribution in [2.45, 2.75) is 26.2 Å². The molecule has 0 saturated heterocycles. The number of hydrogen-bond acceptors (Lipinski definition) is 3. The van der Waals surface area contributed by atoms with Crippen LogP contribution in [0.4, 0.5) is 0 Å². The van der Waals surface area contributed by atoms with Gasteiger partial charge in [-0.25, -0.2) is 4.98 Å². The third kappa shape index (κ3) is 5.50. The minimum Gasteiger partial charge on any atom is -0.503 e. The Morgan fingerprint density at radius 2 is 1.26 bits per heavy atom. The van der Waals surface area contributed by atoms with Crippen LogP contribution in [0.5, 0.6) is 11.5 Å². The molecule has 5 nitrogen and oxygen atoms in total. The number of aromatic nitrogens is 4. The minimum absolute atomic E-state index is 0. The van der Waals surface area contributed by atoms with Gasteiger partial charge in [0.2, 0.25) is 0 Å². The molecule has 0 radical (unpaired) electrons. The smallest absolute Gasteiger partial charge is 0.503 e. The van der Waals surface area contributed by atoms with Crippen LogP contribution in [-0.4, -0.2) is 18.9 Å². The second-order valence-electron chi connectivity index (χ2n) is 14.5. The van der Waals surface area contributed by atoms with Crippen molar-refractivity contribution in [1.29, 1.82) is 0 Å². The van der Waals surface area contributed by atoms with Crippen LogP contribution >= 0.6 is 0 Å². The van der Waals surface area contributed by atoms with E-state index in [0.29, 0.717) is 11.5 Å². The van der Waals surface area contributed by atoms with Crippen molar-refractivity contribution < 1.29 is 25.8 Å². The fraction of sp³-hybridized carbons (Fsp3) is 0.0833. The molecular formula is C48H34N4OPt. The Balaban J connectivity index is 0.00000384. The molecule has 0 aliphatic heterocycles. The summed E-state index contributed by atoms with van der Waals surface area (Å²) in [6.45, 7) is 6.72. The Hall–Kier alpha value is -6.03. The summed E-state index contributed by atoms with van der Waals surface area (Å²) in [5, 5.41) is 5.33. The number of nitrogens with zero attached hydrogens (tertiary/aromatic N) is 4. The van der Waals surface area contributed by atoms with E-state index in [1.165, 1.54) is 5.56 Å². The zero-order chi connectivity index (χ0) is 35.7. The Bertz CT molecular complexity index is 3010. The van der Waals surface area contributed by atoms with Crippen LogP contribution in [-0.2, 0) is 26.5 Å². The summed E-state index contributed by atoms with van der Waals surface area (Å²) >= 11 is 0. The summed E-state index contributed by atoms with van der Waals surface area (Å²) in [4.78, 5) is 10.2. The summed E-state index contributed by atoms with van der Waals surface area (Å²) in [5.41, 5.74) is 10.1. The van der Waals surface area contributed by atoms with Gasteiger partial charge in [0.15, 0.2) is 0 Å². The molecule has 0 atom stereocenters. The maximum atomic E-state index is 6.61. The van der Waals surface area contributed by atoms with E-state index >= 15 is 0 Å². The van der Waals surface area contributed by atoms with Crippen molar-refractivity contribution in [3.63, 3.8) is 0 Å². The average Bonchev–Trinajstić information content (AvgIpc) is 3.76. The van der Waals surface area contributed by atoms with E-state index in [4.69, 9.17) is 14.7 Å². The standard InChI is InChI=1S/C48H34N4O.Pt/c1-48(2,3)33-23-25-39-40-21-13-27-49-46(40)51(43(39)28-33)34-18-12-19-35(29-34)53-36-24-26-37-38-20-10-11-22-42(38)52-45(32-16-8-5-9-17-32)44(31-14-6-4-7-15-31)50-47(52)41(37)30-36;/h4-28H,1-3H3;/q-2;+2. The predicted octanol–water partition coefficient (Wildman–Crippen LogP) is 12.2. The Kier molecular flexibility index (Phi) is 8.21. The van der Waals surface area contributed by atoms with Gasteiger partial charge >= 0.3 is 21.1 Å². The van der Waals surface area contributed by atoms with Crippen molar-refractivity contribution in [3.8, 4) is 39.7 Å². The van der Waals surface area contributed by atoms with E-state index in [2.05, 4.69) is 151 Å². The van der Waals surface area contributed by atoms with Gasteiger partial charge in [-0.1, -0.05) is 134 Å². The number of hydrogen-bond donors (Lipinski definition) is 0. The third-order valence-corrected chi connectivity index (χ3v) is 10.2. The van der Waals surface area contributed by atoms with Gasteiger partial charge in [0.1, 0.15) is 5.65 Å². The first kappa shape index (κ1) is 33.8. The molecule has 0 spiro atoms. The van der Waals surface area contributed by atoms with E-state index in [1.54, 1.807) is 0 Å². The summed E-state index contributed by atoms with van der Waals surface area (Å²) < 4.78 is 11.1. The number of fused-ring (bicyclic) bond motifs is 9. The molecule has 6 aromatic carbocycles. The molecule has 0 aliphatic rings. The molecule has 4 aromatic heterocycles. The molecule has 0 fully saturated rings. The van der Waals surface area contributed by atoms with Gasteiger partial charge in [0.05, 0.1) is 22.6 Å². The van der Waals surface area contributed by atoms with Crippen molar-refractivity contribution in [3.05, 3.63) is 169 Å². The molecule has 0 saturated carbocycles. The normalized spacial score (nSPS) is 11.8. The first-order valence-corrected chi connectivity index (χ1v) is 17.9. The van der Waals surface area contributed by atoms with E-state index in [0.717, 1.165) is 77.5 Å². The fourth-order valence-electron chi connectivity index (χ4n) is 7.61. The van der Waals surface area contributed by atoms with Gasteiger partial charge < -0.3 is 13.7 Å². The van der Waals surface area contributed by atoms with Crippen LogP contribution in [0.15, 0.2) is 152 Å². The number of rotatable bonds is 5. The zero-order valence-electron chi connectivity index (χ0n) is 29.9. The predicted molar refractivity (Wildman–Crippen MR) is 216 cm³/mol. The summed E-state index contributed by atoms with van der Waals surface area (Å²) in [6, 6.07) is 57.6. The molecule has 10 rings (SSSR count). The first-order chi connectivity index (χ1) is 25.9. The summed E-state index contributed by atoms with van der Waals surface area (Å²) in [6.07, 6.45) is 1.85. The molecule has 0 bridgehead atoms. The van der Waals surface area contributed by atoms with Gasteiger partial charge in [0.25, 0.3) is 0 Å². The maximum absolute atomic E-state index is 6.61. The molecule has 0 N–H and O–H groups in total. The minimum atomic E-state index is -0.00118. The van der Waals surface area contributed by atoms with Crippen molar-refractivity contribution in [2.75, 3.05) is 0 Å². The monoisotopic (exact) mass is 877 g/mol. The topological polar surface area (TPSA) is 44.4 Å². The van der Waals surface area contributed by atoms with Crippen molar-refractivity contribution in [1.82, 2.24) is 18.9 Å². The molecule has 0 unspecified atom stereocenters. The third-order valence-electron chi connectivity index (χ3n) is 10.2. The first-order valence-electron chi connectivity index (χ1n) is 17.9. The average molecular weight is 878 g/mol. The number of ether oxygens (including phenoxy) is 1. The SMILES string of the molecule is CC(C)(C)c1ccc2c3cccnc3n(-c3[c-]c(Oc4[c-]c5c(cc4)c4ccccc4n4c(-c6ccccc6)c(-c6ccccc6)nc54)ccc3)c2c1.[Pt+2]. The molecule has 4 heterocycles. The maximum Gasteiger partial charge on any atom is 2.00 e. The number of pyridine rings is 2. The Morgan fingerprint density at radius 3 is 2.06 bits per heavy atom. The summed E-state index contributed by atoms with van der Waals surface area (Å²) in [7, 11) is 0. The van der Waals surface area contributed by atoms with Gasteiger partial charge in [-0.05, 0) is 46.2 Å².